The Kier molecular flexibility index (Phi) is 5.61. The molecule has 9 heteroatoms. The van der Waals surface area contributed by atoms with Gasteiger partial charge >= 0.3 is 0 Å². The third-order valence-corrected chi connectivity index (χ3v) is 4.81. The van der Waals surface area contributed by atoms with E-state index in [1.54, 1.807) is 12.1 Å². The molecule has 0 spiro atoms. The van der Waals surface area contributed by atoms with Crippen molar-refractivity contribution in [1.82, 2.24) is 5.32 Å². The molecule has 0 atom stereocenters. The largest absolute Gasteiger partial charge is 0.363 e. The van der Waals surface area contributed by atoms with E-state index in [4.69, 9.17) is 23.2 Å². The second kappa shape index (κ2) is 7.90. The lowest BCUT2D eigenvalue weighted by molar-refractivity contribution is -0.384. The molecular formula is C17H16Cl2N4O3. The lowest BCUT2D eigenvalue weighted by Crippen LogP contribution is -2.43. The van der Waals surface area contributed by atoms with E-state index >= 15 is 0 Å². The zero-order valence-electron chi connectivity index (χ0n) is 13.7. The van der Waals surface area contributed by atoms with Gasteiger partial charge in [-0.25, -0.2) is 0 Å². The molecule has 26 heavy (non-hydrogen) atoms. The van der Waals surface area contributed by atoms with Crippen molar-refractivity contribution in [2.45, 2.75) is 0 Å². The van der Waals surface area contributed by atoms with E-state index in [0.29, 0.717) is 35.1 Å². The van der Waals surface area contributed by atoms with Crippen molar-refractivity contribution < 1.29 is 9.72 Å². The van der Waals surface area contributed by atoms with Gasteiger partial charge in [0.2, 0.25) is 0 Å². The average Bonchev–Trinajstić information content (AvgIpc) is 2.64. The van der Waals surface area contributed by atoms with Crippen LogP contribution in [0.15, 0.2) is 36.4 Å². The smallest absolute Gasteiger partial charge is 0.294 e. The number of carbonyl (C=O) groups is 1. The maximum absolute atomic E-state index is 12.3. The van der Waals surface area contributed by atoms with Gasteiger partial charge in [-0.2, -0.15) is 0 Å². The van der Waals surface area contributed by atoms with Crippen molar-refractivity contribution >= 4 is 46.2 Å². The number of anilines is 2. The molecule has 1 aliphatic heterocycles. The molecule has 1 amide bonds. The van der Waals surface area contributed by atoms with E-state index in [-0.39, 0.29) is 10.7 Å². The van der Waals surface area contributed by atoms with Gasteiger partial charge in [-0.05, 0) is 30.3 Å². The van der Waals surface area contributed by atoms with Gasteiger partial charge in [0.1, 0.15) is 5.69 Å². The number of carbonyl (C=O) groups excluding carboxylic acids is 1. The van der Waals surface area contributed by atoms with Crippen LogP contribution in [0.3, 0.4) is 0 Å². The molecule has 136 valence electrons. The number of hydrogen-bond acceptors (Lipinski definition) is 5. The number of nitro benzene ring substituents is 1. The maximum Gasteiger partial charge on any atom is 0.294 e. The van der Waals surface area contributed by atoms with E-state index in [0.717, 1.165) is 13.1 Å². The van der Waals surface area contributed by atoms with Gasteiger partial charge in [-0.3, -0.25) is 14.9 Å². The topological polar surface area (TPSA) is 87.5 Å². The van der Waals surface area contributed by atoms with Crippen LogP contribution in [0.2, 0.25) is 10.0 Å². The van der Waals surface area contributed by atoms with Gasteiger partial charge in [-0.15, -0.1) is 0 Å². The van der Waals surface area contributed by atoms with Crippen LogP contribution in [0.5, 0.6) is 0 Å². The summed E-state index contributed by atoms with van der Waals surface area (Å²) < 4.78 is 0. The lowest BCUT2D eigenvalue weighted by atomic mass is 10.1. The van der Waals surface area contributed by atoms with Gasteiger partial charge in [-0.1, -0.05) is 23.2 Å². The van der Waals surface area contributed by atoms with E-state index in [9.17, 15) is 14.9 Å². The monoisotopic (exact) mass is 394 g/mol. The van der Waals surface area contributed by atoms with Crippen molar-refractivity contribution in [3.63, 3.8) is 0 Å². The minimum Gasteiger partial charge on any atom is -0.363 e. The molecule has 1 aliphatic rings. The molecular weight excluding hydrogens is 379 g/mol. The molecule has 0 unspecified atom stereocenters. The lowest BCUT2D eigenvalue weighted by Gasteiger charge is -2.29. The fourth-order valence-corrected chi connectivity index (χ4v) is 3.06. The summed E-state index contributed by atoms with van der Waals surface area (Å²) in [4.78, 5) is 25.3. The van der Waals surface area contributed by atoms with Gasteiger partial charge in [0, 0.05) is 43.5 Å². The Balaban J connectivity index is 1.83. The summed E-state index contributed by atoms with van der Waals surface area (Å²) in [5, 5.41) is 17.9. The fourth-order valence-electron chi connectivity index (χ4n) is 2.76. The highest BCUT2D eigenvalue weighted by Crippen LogP contribution is 2.31. The first-order valence-corrected chi connectivity index (χ1v) is 8.72. The predicted molar refractivity (Wildman–Crippen MR) is 103 cm³/mol. The Bertz CT molecular complexity index is 854. The Labute approximate surface area is 160 Å². The molecule has 2 aromatic carbocycles. The van der Waals surface area contributed by atoms with Crippen molar-refractivity contribution in [1.29, 1.82) is 0 Å². The minimum atomic E-state index is -0.438. The van der Waals surface area contributed by atoms with Crippen molar-refractivity contribution in [2.24, 2.45) is 0 Å². The van der Waals surface area contributed by atoms with Crippen LogP contribution in [0, 0.1) is 10.1 Å². The van der Waals surface area contributed by atoms with E-state index in [1.807, 2.05) is 4.90 Å². The predicted octanol–water partition coefficient (Wildman–Crippen LogP) is 3.56. The van der Waals surface area contributed by atoms with Crippen LogP contribution < -0.4 is 15.5 Å². The quantitative estimate of drug-likeness (QED) is 0.611. The maximum atomic E-state index is 12.3. The summed E-state index contributed by atoms with van der Waals surface area (Å²) in [7, 11) is 0. The average molecular weight is 395 g/mol. The highest BCUT2D eigenvalue weighted by molar-refractivity contribution is 6.42. The van der Waals surface area contributed by atoms with Gasteiger partial charge in [0.25, 0.3) is 11.6 Å². The van der Waals surface area contributed by atoms with Crippen LogP contribution in [0.1, 0.15) is 10.4 Å². The van der Waals surface area contributed by atoms with Crippen LogP contribution in [0.25, 0.3) is 0 Å². The normalized spacial score (nSPS) is 14.2. The first-order chi connectivity index (χ1) is 12.5. The summed E-state index contributed by atoms with van der Waals surface area (Å²) >= 11 is 11.8. The summed E-state index contributed by atoms with van der Waals surface area (Å²) in [5.74, 6) is -0.423. The highest BCUT2D eigenvalue weighted by Gasteiger charge is 2.22. The van der Waals surface area contributed by atoms with Crippen molar-refractivity contribution in [2.75, 3.05) is 36.4 Å². The van der Waals surface area contributed by atoms with Crippen LogP contribution >= 0.6 is 23.2 Å². The van der Waals surface area contributed by atoms with Crippen LogP contribution in [-0.4, -0.2) is 37.0 Å². The van der Waals surface area contributed by atoms with E-state index < -0.39 is 10.8 Å². The number of nitrogens with zero attached hydrogens (tertiary/aromatic N) is 2. The van der Waals surface area contributed by atoms with E-state index in [2.05, 4.69) is 10.6 Å². The minimum absolute atomic E-state index is 0.0427. The first kappa shape index (κ1) is 18.4. The first-order valence-electron chi connectivity index (χ1n) is 7.96. The number of nitrogens with one attached hydrogen (secondary N) is 2. The Morgan fingerprint density at radius 2 is 1.85 bits per heavy atom. The molecule has 0 bridgehead atoms. The molecule has 7 nitrogen and oxygen atoms in total. The van der Waals surface area contributed by atoms with Gasteiger partial charge in [0.05, 0.1) is 15.0 Å². The Morgan fingerprint density at radius 3 is 2.50 bits per heavy atom. The molecule has 0 saturated carbocycles. The number of piperazine rings is 1. The molecule has 1 saturated heterocycles. The number of halogens is 2. The Hall–Kier alpha value is -2.35. The molecule has 0 aliphatic carbocycles. The third kappa shape index (κ3) is 4.07. The standard InChI is InChI=1S/C17H16Cl2N4O3/c18-13-3-1-11(9-14(13)19)17(24)21-12-2-4-15(16(10-12)23(25)26)22-7-5-20-6-8-22/h1-4,9-10,20H,5-8H2,(H,21,24). The number of hydrogen-bond donors (Lipinski definition) is 2. The van der Waals surface area contributed by atoms with Crippen LogP contribution in [0.4, 0.5) is 17.1 Å². The number of nitro groups is 1. The second-order valence-corrected chi connectivity index (χ2v) is 6.60. The van der Waals surface area contributed by atoms with Crippen molar-refractivity contribution in [3.8, 4) is 0 Å². The molecule has 1 heterocycles. The summed E-state index contributed by atoms with van der Waals surface area (Å²) in [5.41, 5.74) is 1.16. The summed E-state index contributed by atoms with van der Waals surface area (Å²) in [6.07, 6.45) is 0. The highest BCUT2D eigenvalue weighted by atomic mass is 35.5. The third-order valence-electron chi connectivity index (χ3n) is 4.07. The SMILES string of the molecule is O=C(Nc1ccc(N2CCNCC2)c([N+](=O)[O-])c1)c1ccc(Cl)c(Cl)c1. The number of amides is 1. The number of rotatable bonds is 4. The van der Waals surface area contributed by atoms with Gasteiger partial charge in [0.15, 0.2) is 0 Å². The van der Waals surface area contributed by atoms with Gasteiger partial charge < -0.3 is 15.5 Å². The molecule has 1 fully saturated rings. The molecule has 3 rings (SSSR count). The fraction of sp³-hybridized carbons (Fsp3) is 0.235. The number of benzene rings is 2. The molecule has 0 aromatic heterocycles. The molecule has 2 aromatic rings. The molecule has 0 radical (unpaired) electrons. The van der Waals surface area contributed by atoms with Crippen LogP contribution in [-0.2, 0) is 0 Å². The molecule has 2 N–H and O–H groups in total. The van der Waals surface area contributed by atoms with E-state index in [1.165, 1.54) is 24.3 Å². The zero-order chi connectivity index (χ0) is 18.7. The van der Waals surface area contributed by atoms with Crippen molar-refractivity contribution in [3.05, 3.63) is 62.1 Å². The Morgan fingerprint density at radius 1 is 1.12 bits per heavy atom. The second-order valence-electron chi connectivity index (χ2n) is 5.78. The summed E-state index contributed by atoms with van der Waals surface area (Å²) in [6, 6.07) is 9.19. The zero-order valence-corrected chi connectivity index (χ0v) is 15.2. The summed E-state index contributed by atoms with van der Waals surface area (Å²) in [6.45, 7) is 2.92.